The van der Waals surface area contributed by atoms with E-state index in [1.54, 1.807) is 56.3 Å². The normalized spacial score (nSPS) is 11.1. The van der Waals surface area contributed by atoms with Crippen LogP contribution in [-0.4, -0.2) is 14.4 Å². The number of urea groups is 1. The van der Waals surface area contributed by atoms with Crippen molar-refractivity contribution in [3.63, 3.8) is 0 Å². The summed E-state index contributed by atoms with van der Waals surface area (Å²) in [6, 6.07) is 14.3. The maximum atomic E-state index is 13.8. The third kappa shape index (κ3) is 5.28. The van der Waals surface area contributed by atoms with Gasteiger partial charge in [-0.2, -0.15) is 0 Å². The SMILES string of the molecule is Cc1ccc(F)c(NC(=O)Nc2ccc(C)c(S(=O)(=O)Nc3ccc(Cl)cc3)c2)c1. The molecule has 0 aliphatic heterocycles. The molecule has 0 spiro atoms. The van der Waals surface area contributed by atoms with E-state index in [1.807, 2.05) is 0 Å². The van der Waals surface area contributed by atoms with Gasteiger partial charge in [0.25, 0.3) is 10.0 Å². The van der Waals surface area contributed by atoms with E-state index in [-0.39, 0.29) is 16.3 Å². The number of rotatable bonds is 5. The average molecular weight is 448 g/mol. The highest BCUT2D eigenvalue weighted by atomic mass is 35.5. The summed E-state index contributed by atoms with van der Waals surface area (Å²) in [7, 11) is -3.91. The Morgan fingerprint density at radius 3 is 2.27 bits per heavy atom. The number of hydrogen-bond donors (Lipinski definition) is 3. The molecule has 0 aliphatic rings. The van der Waals surface area contributed by atoms with Crippen molar-refractivity contribution >= 4 is 44.7 Å². The molecule has 0 heterocycles. The lowest BCUT2D eigenvalue weighted by Gasteiger charge is -2.13. The van der Waals surface area contributed by atoms with Gasteiger partial charge in [0.2, 0.25) is 0 Å². The van der Waals surface area contributed by atoms with Gasteiger partial charge in [-0.25, -0.2) is 17.6 Å². The number of carbonyl (C=O) groups excluding carboxylic acids is 1. The lowest BCUT2D eigenvalue weighted by Crippen LogP contribution is -2.21. The molecule has 0 bridgehead atoms. The third-order valence-corrected chi connectivity index (χ3v) is 5.98. The molecule has 2 amide bonds. The number of aryl methyl sites for hydroxylation is 2. The van der Waals surface area contributed by atoms with Crippen molar-refractivity contribution < 1.29 is 17.6 Å². The smallest absolute Gasteiger partial charge is 0.308 e. The fourth-order valence-corrected chi connectivity index (χ4v) is 4.17. The summed E-state index contributed by atoms with van der Waals surface area (Å²) in [6.45, 7) is 3.41. The van der Waals surface area contributed by atoms with Gasteiger partial charge < -0.3 is 10.6 Å². The zero-order valence-electron chi connectivity index (χ0n) is 16.2. The molecule has 3 aromatic rings. The Kier molecular flexibility index (Phi) is 6.28. The molecule has 0 saturated carbocycles. The fraction of sp³-hybridized carbons (Fsp3) is 0.0952. The lowest BCUT2D eigenvalue weighted by atomic mass is 10.2. The van der Waals surface area contributed by atoms with Crippen molar-refractivity contribution in [2.45, 2.75) is 18.7 Å². The van der Waals surface area contributed by atoms with E-state index >= 15 is 0 Å². The molecule has 30 heavy (non-hydrogen) atoms. The Labute approximate surface area is 179 Å². The number of benzene rings is 3. The number of carbonyl (C=O) groups is 1. The van der Waals surface area contributed by atoms with E-state index in [0.717, 1.165) is 5.56 Å². The van der Waals surface area contributed by atoms with Crippen LogP contribution in [0.4, 0.5) is 26.2 Å². The van der Waals surface area contributed by atoms with Crippen molar-refractivity contribution in [3.8, 4) is 0 Å². The Morgan fingerprint density at radius 2 is 1.57 bits per heavy atom. The second kappa shape index (κ2) is 8.73. The number of sulfonamides is 1. The zero-order chi connectivity index (χ0) is 21.9. The maximum Gasteiger partial charge on any atom is 0.323 e. The minimum absolute atomic E-state index is 0.00279. The summed E-state index contributed by atoms with van der Waals surface area (Å²) in [5.74, 6) is -0.574. The first-order chi connectivity index (χ1) is 14.1. The molecule has 0 atom stereocenters. The van der Waals surface area contributed by atoms with Crippen LogP contribution < -0.4 is 15.4 Å². The van der Waals surface area contributed by atoms with E-state index in [4.69, 9.17) is 11.6 Å². The van der Waals surface area contributed by atoms with E-state index in [0.29, 0.717) is 16.3 Å². The Balaban J connectivity index is 1.79. The van der Waals surface area contributed by atoms with Crippen LogP contribution in [0.5, 0.6) is 0 Å². The number of amides is 2. The molecule has 3 rings (SSSR count). The van der Waals surface area contributed by atoms with Gasteiger partial charge in [-0.3, -0.25) is 4.72 Å². The number of hydrogen-bond acceptors (Lipinski definition) is 3. The standard InChI is InChI=1S/C21H19ClFN3O3S/c1-13-3-10-18(23)19(11-13)25-21(27)24-17-7-4-14(2)20(12-17)30(28,29)26-16-8-5-15(22)6-9-16/h3-12,26H,1-2H3,(H2,24,25,27). The molecular formula is C21H19ClFN3O3S. The van der Waals surface area contributed by atoms with Crippen molar-refractivity contribution in [1.82, 2.24) is 0 Å². The molecule has 3 aromatic carbocycles. The molecule has 0 aliphatic carbocycles. The zero-order valence-corrected chi connectivity index (χ0v) is 17.7. The Hall–Kier alpha value is -3.10. The summed E-state index contributed by atoms with van der Waals surface area (Å²) >= 11 is 5.82. The van der Waals surface area contributed by atoms with Crippen LogP contribution in [0, 0.1) is 19.7 Å². The van der Waals surface area contributed by atoms with E-state index in [2.05, 4.69) is 15.4 Å². The predicted octanol–water partition coefficient (Wildman–Crippen LogP) is 5.54. The lowest BCUT2D eigenvalue weighted by molar-refractivity contribution is 0.262. The minimum Gasteiger partial charge on any atom is -0.308 e. The van der Waals surface area contributed by atoms with Gasteiger partial charge in [0.15, 0.2) is 0 Å². The molecule has 0 aromatic heterocycles. The molecule has 0 saturated heterocycles. The largest absolute Gasteiger partial charge is 0.323 e. The van der Waals surface area contributed by atoms with E-state index in [1.165, 1.54) is 18.2 Å². The monoisotopic (exact) mass is 447 g/mol. The molecular weight excluding hydrogens is 429 g/mol. The highest BCUT2D eigenvalue weighted by Gasteiger charge is 2.18. The molecule has 156 valence electrons. The minimum atomic E-state index is -3.91. The molecule has 0 unspecified atom stereocenters. The van der Waals surface area contributed by atoms with Gasteiger partial charge in [-0.1, -0.05) is 23.7 Å². The van der Waals surface area contributed by atoms with Gasteiger partial charge in [0, 0.05) is 16.4 Å². The van der Waals surface area contributed by atoms with Gasteiger partial charge in [0.05, 0.1) is 10.6 Å². The summed E-state index contributed by atoms with van der Waals surface area (Å²) in [6.07, 6.45) is 0. The molecule has 0 fully saturated rings. The summed E-state index contributed by atoms with van der Waals surface area (Å²) in [5.41, 5.74) is 1.89. The topological polar surface area (TPSA) is 87.3 Å². The summed E-state index contributed by atoms with van der Waals surface area (Å²) in [4.78, 5) is 12.2. The van der Waals surface area contributed by atoms with Crippen LogP contribution in [0.25, 0.3) is 0 Å². The Bertz CT molecular complexity index is 1200. The summed E-state index contributed by atoms with van der Waals surface area (Å²) in [5, 5.41) is 5.42. The first-order valence-electron chi connectivity index (χ1n) is 8.87. The van der Waals surface area contributed by atoms with Gasteiger partial charge in [0.1, 0.15) is 5.82 Å². The summed E-state index contributed by atoms with van der Waals surface area (Å²) < 4.78 is 41.9. The first kappa shape index (κ1) is 21.6. The second-order valence-electron chi connectivity index (χ2n) is 6.66. The molecule has 9 heteroatoms. The number of halogens is 2. The van der Waals surface area contributed by atoms with Crippen molar-refractivity contribution in [2.24, 2.45) is 0 Å². The predicted molar refractivity (Wildman–Crippen MR) is 117 cm³/mol. The maximum absolute atomic E-state index is 13.8. The van der Waals surface area contributed by atoms with Crippen molar-refractivity contribution in [1.29, 1.82) is 0 Å². The van der Waals surface area contributed by atoms with Crippen molar-refractivity contribution in [3.05, 3.63) is 82.6 Å². The van der Waals surface area contributed by atoms with Crippen LogP contribution in [0.3, 0.4) is 0 Å². The van der Waals surface area contributed by atoms with Crippen LogP contribution in [0.1, 0.15) is 11.1 Å². The average Bonchev–Trinajstić information content (AvgIpc) is 2.68. The second-order valence-corrected chi connectivity index (χ2v) is 8.74. The fourth-order valence-electron chi connectivity index (χ4n) is 2.71. The molecule has 0 radical (unpaired) electrons. The van der Waals surface area contributed by atoms with Crippen LogP contribution in [0.2, 0.25) is 5.02 Å². The highest BCUT2D eigenvalue weighted by molar-refractivity contribution is 7.92. The number of nitrogens with one attached hydrogen (secondary N) is 3. The van der Waals surface area contributed by atoms with Crippen LogP contribution >= 0.6 is 11.6 Å². The van der Waals surface area contributed by atoms with E-state index < -0.39 is 21.9 Å². The quantitative estimate of drug-likeness (QED) is 0.479. The Morgan fingerprint density at radius 1 is 0.900 bits per heavy atom. The van der Waals surface area contributed by atoms with Crippen LogP contribution in [-0.2, 0) is 10.0 Å². The van der Waals surface area contributed by atoms with Crippen LogP contribution in [0.15, 0.2) is 65.6 Å². The molecule has 6 nitrogen and oxygen atoms in total. The molecule has 3 N–H and O–H groups in total. The highest BCUT2D eigenvalue weighted by Crippen LogP contribution is 2.24. The number of anilines is 3. The van der Waals surface area contributed by atoms with E-state index in [9.17, 15) is 17.6 Å². The van der Waals surface area contributed by atoms with Crippen molar-refractivity contribution in [2.75, 3.05) is 15.4 Å². The third-order valence-electron chi connectivity index (χ3n) is 4.20. The first-order valence-corrected chi connectivity index (χ1v) is 10.7. The van der Waals surface area contributed by atoms with Gasteiger partial charge >= 0.3 is 6.03 Å². The van der Waals surface area contributed by atoms with Gasteiger partial charge in [-0.15, -0.1) is 0 Å². The van der Waals surface area contributed by atoms with Gasteiger partial charge in [-0.05, 0) is 73.5 Å².